The number of likely N-dealkylation sites (N-methyl/N-ethyl adjacent to an activating group) is 1. The molecule has 1 heterocycles. The quantitative estimate of drug-likeness (QED) is 0.245. The molecule has 0 aromatic heterocycles. The van der Waals surface area contributed by atoms with Gasteiger partial charge in [0.2, 0.25) is 11.6 Å². The fourth-order valence-electron chi connectivity index (χ4n) is 5.18. The molecule has 1 aliphatic carbocycles. The minimum atomic E-state index is -0.997. The molecule has 2 bridgehead atoms. The van der Waals surface area contributed by atoms with Gasteiger partial charge >= 0.3 is 6.09 Å². The third-order valence-electron chi connectivity index (χ3n) is 7.65. The Morgan fingerprint density at radius 3 is 2.43 bits per heavy atom. The van der Waals surface area contributed by atoms with Gasteiger partial charge in [0, 0.05) is 50.4 Å². The first-order valence-electron chi connectivity index (χ1n) is 14.7. The van der Waals surface area contributed by atoms with Crippen LogP contribution in [0.2, 0.25) is 0 Å². The van der Waals surface area contributed by atoms with Crippen molar-refractivity contribution < 1.29 is 38.5 Å². The Bertz CT molecular complexity index is 1230. The lowest BCUT2D eigenvalue weighted by Crippen LogP contribution is -2.38. The lowest BCUT2D eigenvalue weighted by Gasteiger charge is -2.30. The molecule has 12 heteroatoms. The zero-order valence-corrected chi connectivity index (χ0v) is 27.0. The summed E-state index contributed by atoms with van der Waals surface area (Å²) in [6.07, 6.45) is 3.88. The number of methoxy groups -OCH3 is 2. The van der Waals surface area contributed by atoms with E-state index in [2.05, 4.69) is 10.6 Å². The third kappa shape index (κ3) is 10.3. The molecule has 0 spiro atoms. The molecule has 0 saturated carbocycles. The number of aliphatic hydroxyl groups excluding tert-OH is 1. The number of primary amides is 1. The number of fused-ring (bicyclic) bond motifs is 2. The predicted octanol–water partition coefficient (Wildman–Crippen LogP) is 1.91. The zero-order chi connectivity index (χ0) is 33.1. The minimum Gasteiger partial charge on any atom is -0.439 e. The van der Waals surface area contributed by atoms with Gasteiger partial charge in [-0.05, 0) is 52.3 Å². The molecular weight excluding hydrogens is 568 g/mol. The molecule has 1 aliphatic heterocycles. The highest BCUT2D eigenvalue weighted by atomic mass is 16.6. The van der Waals surface area contributed by atoms with Crippen molar-refractivity contribution >= 4 is 23.6 Å². The average molecular weight is 617 g/mol. The number of ketones is 2. The van der Waals surface area contributed by atoms with E-state index in [1.165, 1.54) is 20.3 Å². The highest BCUT2D eigenvalue weighted by molar-refractivity contribution is 6.23. The summed E-state index contributed by atoms with van der Waals surface area (Å²) in [5.41, 5.74) is 6.55. The first kappa shape index (κ1) is 36.6. The highest BCUT2D eigenvalue weighted by Crippen LogP contribution is 2.28. The predicted molar refractivity (Wildman–Crippen MR) is 166 cm³/mol. The number of nitrogens with zero attached hydrogens (tertiary/aromatic N) is 1. The Balaban J connectivity index is 2.60. The van der Waals surface area contributed by atoms with Crippen LogP contribution in [0.3, 0.4) is 0 Å². The first-order chi connectivity index (χ1) is 20.7. The van der Waals surface area contributed by atoms with Crippen molar-refractivity contribution in [3.8, 4) is 0 Å². The van der Waals surface area contributed by atoms with Gasteiger partial charge in [-0.15, -0.1) is 0 Å². The molecule has 0 aromatic carbocycles. The topological polar surface area (TPSA) is 170 Å². The van der Waals surface area contributed by atoms with E-state index in [0.717, 1.165) is 6.08 Å². The largest absolute Gasteiger partial charge is 0.439 e. The first-order valence-corrected chi connectivity index (χ1v) is 14.7. The standard InChI is InChI=1S/C32H48N4O8/c1-18-14-22-27(34-12-13-36(5)6)24(37)17-23(29(22)39)35-31(40)19(2)10-9-11-25(42-7)30(44-32(33)41)21(4)16-20(3)28(38)26(15-18)43-8/h9-11,16-18,20,25-26,28,30,34,38H,12-15H2,1-8H3,(H2,33,41)(H,35,40)/b11-9+,19-10+,21-16+/t18-,20+,25?,26?,28-,30+/m1/s1. The number of ether oxygens (including phenoxy) is 3. The van der Waals surface area contributed by atoms with Gasteiger partial charge < -0.3 is 40.6 Å². The van der Waals surface area contributed by atoms with Crippen molar-refractivity contribution in [3.63, 3.8) is 0 Å². The second-order valence-electron chi connectivity index (χ2n) is 11.7. The van der Waals surface area contributed by atoms with Gasteiger partial charge in [-0.25, -0.2) is 4.79 Å². The van der Waals surface area contributed by atoms with Crippen LogP contribution in [0.5, 0.6) is 0 Å². The maximum Gasteiger partial charge on any atom is 0.405 e. The maximum absolute atomic E-state index is 13.7. The van der Waals surface area contributed by atoms with Crippen LogP contribution in [0.4, 0.5) is 4.79 Å². The normalized spacial score (nSPS) is 31.0. The molecule has 12 nitrogen and oxygen atoms in total. The van der Waals surface area contributed by atoms with Gasteiger partial charge in [0.15, 0.2) is 6.10 Å². The van der Waals surface area contributed by atoms with E-state index in [1.54, 1.807) is 32.1 Å². The molecule has 5 N–H and O–H groups in total. The van der Waals surface area contributed by atoms with Crippen LogP contribution in [0.1, 0.15) is 40.5 Å². The Hall–Kier alpha value is -3.58. The number of hydrogen-bond donors (Lipinski definition) is 4. The van der Waals surface area contributed by atoms with Crippen molar-refractivity contribution in [2.75, 3.05) is 41.4 Å². The van der Waals surface area contributed by atoms with Crippen LogP contribution in [-0.2, 0) is 28.6 Å². The van der Waals surface area contributed by atoms with Crippen LogP contribution in [0, 0.1) is 11.8 Å². The fourth-order valence-corrected chi connectivity index (χ4v) is 5.18. The molecule has 0 aromatic rings. The molecule has 244 valence electrons. The number of carbonyl (C=O) groups excluding carboxylic acids is 4. The number of nitrogens with two attached hydrogens (primary N) is 1. The second-order valence-corrected chi connectivity index (χ2v) is 11.7. The van der Waals surface area contributed by atoms with E-state index in [-0.39, 0.29) is 34.9 Å². The van der Waals surface area contributed by atoms with Gasteiger partial charge in [0.1, 0.15) is 6.10 Å². The smallest absolute Gasteiger partial charge is 0.405 e. The van der Waals surface area contributed by atoms with E-state index in [4.69, 9.17) is 19.9 Å². The summed E-state index contributed by atoms with van der Waals surface area (Å²) in [6, 6.07) is 0. The summed E-state index contributed by atoms with van der Waals surface area (Å²) in [6.45, 7) is 8.09. The number of aliphatic hydroxyl groups is 1. The van der Waals surface area contributed by atoms with E-state index in [1.807, 2.05) is 32.8 Å². The number of hydrogen-bond acceptors (Lipinski definition) is 10. The Morgan fingerprint density at radius 2 is 1.84 bits per heavy atom. The summed E-state index contributed by atoms with van der Waals surface area (Å²) in [4.78, 5) is 53.7. The number of rotatable bonds is 7. The maximum atomic E-state index is 13.7. The Labute approximate surface area is 260 Å². The molecule has 2 aliphatic rings. The van der Waals surface area contributed by atoms with Crippen molar-refractivity contribution in [3.05, 3.63) is 58.5 Å². The van der Waals surface area contributed by atoms with Gasteiger partial charge in [-0.1, -0.05) is 38.2 Å². The van der Waals surface area contributed by atoms with Gasteiger partial charge in [0.25, 0.3) is 5.91 Å². The molecule has 0 saturated heterocycles. The summed E-state index contributed by atoms with van der Waals surface area (Å²) in [5.74, 6) is -2.06. The molecule has 2 unspecified atom stereocenters. The minimum absolute atomic E-state index is 0.114. The lowest BCUT2D eigenvalue weighted by molar-refractivity contribution is -0.120. The number of carbonyl (C=O) groups is 4. The van der Waals surface area contributed by atoms with Gasteiger partial charge in [0.05, 0.1) is 23.6 Å². The van der Waals surface area contributed by atoms with E-state index in [9.17, 15) is 24.3 Å². The molecule has 2 rings (SSSR count). The average Bonchev–Trinajstić information content (AvgIpc) is 2.95. The van der Waals surface area contributed by atoms with Crippen LogP contribution in [-0.4, -0.2) is 99.4 Å². The molecule has 44 heavy (non-hydrogen) atoms. The second kappa shape index (κ2) is 17.0. The van der Waals surface area contributed by atoms with Gasteiger partial charge in [-0.2, -0.15) is 0 Å². The summed E-state index contributed by atoms with van der Waals surface area (Å²) in [7, 11) is 6.74. The zero-order valence-electron chi connectivity index (χ0n) is 27.0. The third-order valence-corrected chi connectivity index (χ3v) is 7.65. The Kier molecular flexibility index (Phi) is 14.2. The number of Topliss-reactive ketones (excluding diaryl/α,β-unsaturated/α-hetero) is 1. The van der Waals surface area contributed by atoms with Crippen LogP contribution in [0.15, 0.2) is 58.5 Å². The highest BCUT2D eigenvalue weighted by Gasteiger charge is 2.33. The number of allylic oxidation sites excluding steroid dienone is 4. The van der Waals surface area contributed by atoms with Crippen LogP contribution < -0.4 is 16.4 Å². The Morgan fingerprint density at radius 1 is 1.16 bits per heavy atom. The summed E-state index contributed by atoms with van der Waals surface area (Å²) in [5, 5.41) is 17.0. The van der Waals surface area contributed by atoms with E-state index < -0.39 is 53.9 Å². The van der Waals surface area contributed by atoms with E-state index in [0.29, 0.717) is 25.1 Å². The van der Waals surface area contributed by atoms with Crippen molar-refractivity contribution in [2.45, 2.75) is 65.0 Å². The van der Waals surface area contributed by atoms with Crippen molar-refractivity contribution in [1.82, 2.24) is 15.5 Å². The number of nitrogens with one attached hydrogen (secondary N) is 2. The summed E-state index contributed by atoms with van der Waals surface area (Å²) < 4.78 is 16.6. The van der Waals surface area contributed by atoms with E-state index >= 15 is 0 Å². The lowest BCUT2D eigenvalue weighted by atomic mass is 9.85. The summed E-state index contributed by atoms with van der Waals surface area (Å²) >= 11 is 0. The fraction of sp³-hybridized carbons (Fsp3) is 0.562. The monoisotopic (exact) mass is 616 g/mol. The van der Waals surface area contributed by atoms with Crippen molar-refractivity contribution in [1.29, 1.82) is 0 Å². The van der Waals surface area contributed by atoms with Crippen molar-refractivity contribution in [2.24, 2.45) is 17.6 Å². The molecule has 6 atom stereocenters. The van der Waals surface area contributed by atoms with Crippen LogP contribution in [0.25, 0.3) is 0 Å². The molecular formula is C32H48N4O8. The number of amides is 2. The SMILES string of the molecule is COC1/C=C/C=C(\C)C(=O)NC2=CC(=O)C(NCCN(C)C)=C(C[C@@H](C)CC(OC)[C@H](O)[C@@H](C)/C=C(\C)[C@@H]1OC(N)=O)C2=O. The van der Waals surface area contributed by atoms with Gasteiger partial charge in [-0.3, -0.25) is 14.4 Å². The molecule has 0 radical (unpaired) electrons. The van der Waals surface area contributed by atoms with Crippen LogP contribution >= 0.6 is 0 Å². The molecule has 0 fully saturated rings. The molecule has 2 amide bonds.